The van der Waals surface area contributed by atoms with Crippen LogP contribution in [0.5, 0.6) is 5.75 Å². The summed E-state index contributed by atoms with van der Waals surface area (Å²) in [4.78, 5) is 23.4. The SMILES string of the molecule is CCNC(=O)C(C)OC(=O)c1ccc(N)cc1OC. The van der Waals surface area contributed by atoms with Crippen molar-refractivity contribution in [2.24, 2.45) is 0 Å². The number of likely N-dealkylation sites (N-methyl/N-ethyl adjacent to an activating group) is 1. The fourth-order valence-electron chi connectivity index (χ4n) is 1.47. The van der Waals surface area contributed by atoms with Gasteiger partial charge in [0.15, 0.2) is 6.10 Å². The minimum Gasteiger partial charge on any atom is -0.496 e. The second-order valence-electron chi connectivity index (χ2n) is 3.90. The van der Waals surface area contributed by atoms with E-state index in [1.807, 2.05) is 0 Å². The largest absolute Gasteiger partial charge is 0.496 e. The molecule has 0 aliphatic heterocycles. The van der Waals surface area contributed by atoms with E-state index in [4.69, 9.17) is 15.2 Å². The van der Waals surface area contributed by atoms with Crippen molar-refractivity contribution in [3.05, 3.63) is 23.8 Å². The number of rotatable bonds is 5. The molecule has 0 aliphatic carbocycles. The maximum absolute atomic E-state index is 11.9. The van der Waals surface area contributed by atoms with Crippen molar-refractivity contribution in [3.8, 4) is 5.75 Å². The Morgan fingerprint density at radius 3 is 2.68 bits per heavy atom. The Morgan fingerprint density at radius 2 is 2.11 bits per heavy atom. The van der Waals surface area contributed by atoms with Crippen molar-refractivity contribution in [1.29, 1.82) is 0 Å². The molecule has 6 nitrogen and oxygen atoms in total. The number of carbonyl (C=O) groups excluding carboxylic acids is 2. The van der Waals surface area contributed by atoms with Gasteiger partial charge < -0.3 is 20.5 Å². The van der Waals surface area contributed by atoms with Crippen LogP contribution in [0, 0.1) is 0 Å². The minimum atomic E-state index is -0.866. The molecular weight excluding hydrogens is 248 g/mol. The monoisotopic (exact) mass is 266 g/mol. The van der Waals surface area contributed by atoms with Gasteiger partial charge in [-0.05, 0) is 26.0 Å². The molecule has 0 radical (unpaired) electrons. The molecule has 1 atom stereocenters. The quantitative estimate of drug-likeness (QED) is 0.612. The number of hydrogen-bond donors (Lipinski definition) is 2. The van der Waals surface area contributed by atoms with Crippen molar-refractivity contribution in [3.63, 3.8) is 0 Å². The average Bonchev–Trinajstić information content (AvgIpc) is 2.38. The van der Waals surface area contributed by atoms with Gasteiger partial charge in [-0.2, -0.15) is 0 Å². The summed E-state index contributed by atoms with van der Waals surface area (Å²) in [5.41, 5.74) is 6.30. The molecule has 1 aromatic carbocycles. The van der Waals surface area contributed by atoms with E-state index in [0.29, 0.717) is 18.0 Å². The van der Waals surface area contributed by atoms with Crippen LogP contribution in [0.3, 0.4) is 0 Å². The van der Waals surface area contributed by atoms with Crippen LogP contribution in [0.25, 0.3) is 0 Å². The molecule has 1 amide bonds. The fourth-order valence-corrected chi connectivity index (χ4v) is 1.47. The number of benzene rings is 1. The summed E-state index contributed by atoms with van der Waals surface area (Å²) in [7, 11) is 1.43. The highest BCUT2D eigenvalue weighted by Crippen LogP contribution is 2.22. The van der Waals surface area contributed by atoms with Gasteiger partial charge in [0.2, 0.25) is 0 Å². The second kappa shape index (κ2) is 6.63. The third-order valence-corrected chi connectivity index (χ3v) is 2.45. The van der Waals surface area contributed by atoms with Crippen LogP contribution in [0.2, 0.25) is 0 Å². The molecule has 0 fully saturated rings. The highest BCUT2D eigenvalue weighted by Gasteiger charge is 2.20. The van der Waals surface area contributed by atoms with Gasteiger partial charge in [-0.1, -0.05) is 0 Å². The van der Waals surface area contributed by atoms with Crippen LogP contribution in [0.4, 0.5) is 5.69 Å². The number of hydrogen-bond acceptors (Lipinski definition) is 5. The zero-order valence-corrected chi connectivity index (χ0v) is 11.2. The first-order valence-corrected chi connectivity index (χ1v) is 5.91. The Hall–Kier alpha value is -2.24. The molecule has 1 aromatic rings. The summed E-state index contributed by atoms with van der Waals surface area (Å²) in [6, 6.07) is 4.59. The second-order valence-corrected chi connectivity index (χ2v) is 3.90. The summed E-state index contributed by atoms with van der Waals surface area (Å²) in [5.74, 6) is -0.658. The maximum atomic E-state index is 11.9. The summed E-state index contributed by atoms with van der Waals surface area (Å²) in [6.07, 6.45) is -0.866. The highest BCUT2D eigenvalue weighted by atomic mass is 16.5. The predicted octanol–water partition coefficient (Wildman–Crippen LogP) is 0.959. The normalized spacial score (nSPS) is 11.5. The van der Waals surface area contributed by atoms with Crippen molar-refractivity contribution in [2.45, 2.75) is 20.0 Å². The summed E-state index contributed by atoms with van der Waals surface area (Å²) in [6.45, 7) is 3.77. The summed E-state index contributed by atoms with van der Waals surface area (Å²) >= 11 is 0. The van der Waals surface area contributed by atoms with Gasteiger partial charge >= 0.3 is 5.97 Å². The molecule has 104 valence electrons. The lowest BCUT2D eigenvalue weighted by molar-refractivity contribution is -0.128. The summed E-state index contributed by atoms with van der Waals surface area (Å²) < 4.78 is 10.1. The Labute approximate surface area is 111 Å². The van der Waals surface area contributed by atoms with Gasteiger partial charge in [0.05, 0.1) is 7.11 Å². The Balaban J connectivity index is 2.81. The molecule has 6 heteroatoms. The van der Waals surface area contributed by atoms with Crippen LogP contribution in [0.1, 0.15) is 24.2 Å². The Morgan fingerprint density at radius 1 is 1.42 bits per heavy atom. The van der Waals surface area contributed by atoms with E-state index >= 15 is 0 Å². The molecule has 0 bridgehead atoms. The number of carbonyl (C=O) groups is 2. The minimum absolute atomic E-state index is 0.229. The summed E-state index contributed by atoms with van der Waals surface area (Å²) in [5, 5.41) is 2.57. The average molecular weight is 266 g/mol. The molecule has 0 saturated carbocycles. The first-order valence-electron chi connectivity index (χ1n) is 5.91. The van der Waals surface area contributed by atoms with Crippen molar-refractivity contribution >= 4 is 17.6 Å². The number of nitrogen functional groups attached to an aromatic ring is 1. The highest BCUT2D eigenvalue weighted by molar-refractivity contribution is 5.95. The van der Waals surface area contributed by atoms with Crippen molar-refractivity contribution < 1.29 is 19.1 Å². The molecule has 3 N–H and O–H groups in total. The molecule has 19 heavy (non-hydrogen) atoms. The molecule has 0 spiro atoms. The lowest BCUT2D eigenvalue weighted by atomic mass is 10.2. The van der Waals surface area contributed by atoms with Gasteiger partial charge in [-0.25, -0.2) is 4.79 Å². The molecule has 0 heterocycles. The zero-order chi connectivity index (χ0) is 14.4. The number of nitrogens with two attached hydrogens (primary N) is 1. The maximum Gasteiger partial charge on any atom is 0.342 e. The van der Waals surface area contributed by atoms with Crippen LogP contribution < -0.4 is 15.8 Å². The van der Waals surface area contributed by atoms with Crippen LogP contribution in [-0.4, -0.2) is 31.6 Å². The fraction of sp³-hybridized carbons (Fsp3) is 0.385. The molecular formula is C13H18N2O4. The van der Waals surface area contributed by atoms with Crippen LogP contribution in [0.15, 0.2) is 18.2 Å². The lowest BCUT2D eigenvalue weighted by Gasteiger charge is -2.14. The lowest BCUT2D eigenvalue weighted by Crippen LogP contribution is -2.35. The number of nitrogens with one attached hydrogen (secondary N) is 1. The first-order chi connectivity index (χ1) is 8.99. The van der Waals surface area contributed by atoms with Crippen LogP contribution >= 0.6 is 0 Å². The van der Waals surface area contributed by atoms with Gasteiger partial charge in [-0.15, -0.1) is 0 Å². The standard InChI is InChI=1S/C13H18N2O4/c1-4-15-12(16)8(2)19-13(17)10-6-5-9(14)7-11(10)18-3/h5-8H,4,14H2,1-3H3,(H,15,16). The van der Waals surface area contributed by atoms with Crippen molar-refractivity contribution in [1.82, 2.24) is 5.32 Å². The molecule has 0 saturated heterocycles. The Kier molecular flexibility index (Phi) is 5.17. The van der Waals surface area contributed by atoms with Gasteiger partial charge in [0, 0.05) is 18.3 Å². The molecule has 0 aromatic heterocycles. The molecule has 0 aliphatic rings. The smallest absolute Gasteiger partial charge is 0.342 e. The van der Waals surface area contributed by atoms with Gasteiger partial charge in [0.1, 0.15) is 11.3 Å². The van der Waals surface area contributed by atoms with Crippen molar-refractivity contribution in [2.75, 3.05) is 19.4 Å². The third-order valence-electron chi connectivity index (χ3n) is 2.45. The van der Waals surface area contributed by atoms with Crippen LogP contribution in [-0.2, 0) is 9.53 Å². The Bertz CT molecular complexity index is 474. The van der Waals surface area contributed by atoms with E-state index in [0.717, 1.165) is 0 Å². The number of methoxy groups -OCH3 is 1. The number of amides is 1. The predicted molar refractivity (Wildman–Crippen MR) is 71.0 cm³/mol. The number of esters is 1. The topological polar surface area (TPSA) is 90.7 Å². The third kappa shape index (κ3) is 3.87. The van der Waals surface area contributed by atoms with E-state index in [1.54, 1.807) is 13.0 Å². The number of anilines is 1. The van der Waals surface area contributed by atoms with E-state index < -0.39 is 12.1 Å². The van der Waals surface area contributed by atoms with E-state index in [-0.39, 0.29) is 11.5 Å². The van der Waals surface area contributed by atoms with E-state index in [2.05, 4.69) is 5.32 Å². The first kappa shape index (κ1) is 14.8. The van der Waals surface area contributed by atoms with Gasteiger partial charge in [-0.3, -0.25) is 4.79 Å². The zero-order valence-electron chi connectivity index (χ0n) is 11.2. The van der Waals surface area contributed by atoms with E-state index in [9.17, 15) is 9.59 Å². The van der Waals surface area contributed by atoms with E-state index in [1.165, 1.54) is 26.2 Å². The molecule has 1 rings (SSSR count). The van der Waals surface area contributed by atoms with Gasteiger partial charge in [0.25, 0.3) is 5.91 Å². The molecule has 1 unspecified atom stereocenters. The number of ether oxygens (including phenoxy) is 2.